The summed E-state index contributed by atoms with van der Waals surface area (Å²) in [6, 6.07) is 11.7. The van der Waals surface area contributed by atoms with Crippen molar-refractivity contribution in [3.8, 4) is 17.3 Å². The molecular weight excluding hydrogens is 338 g/mol. The van der Waals surface area contributed by atoms with Gasteiger partial charge in [0.25, 0.3) is 0 Å². The second kappa shape index (κ2) is 7.74. The molecular formula is C20H19N7. The van der Waals surface area contributed by atoms with Crippen LogP contribution in [0.5, 0.6) is 0 Å². The number of hydrogen-bond donors (Lipinski definition) is 1. The van der Waals surface area contributed by atoms with Crippen molar-refractivity contribution in [2.75, 3.05) is 5.32 Å². The van der Waals surface area contributed by atoms with E-state index in [0.717, 1.165) is 35.0 Å². The topological polar surface area (TPSA) is 81.4 Å². The lowest BCUT2D eigenvalue weighted by Gasteiger charge is -2.10. The second-order valence-electron chi connectivity index (χ2n) is 5.98. The molecule has 0 aliphatic carbocycles. The number of nitrogens with zero attached hydrogens (tertiary/aromatic N) is 6. The van der Waals surface area contributed by atoms with Crippen LogP contribution in [-0.2, 0) is 13.0 Å². The summed E-state index contributed by atoms with van der Waals surface area (Å²) in [5, 5.41) is 3.36. The summed E-state index contributed by atoms with van der Waals surface area (Å²) >= 11 is 0. The van der Waals surface area contributed by atoms with Gasteiger partial charge in [-0.3, -0.25) is 9.55 Å². The largest absolute Gasteiger partial charge is 0.366 e. The molecule has 0 aliphatic rings. The Hall–Kier alpha value is -3.61. The molecule has 7 nitrogen and oxygen atoms in total. The first-order valence-corrected chi connectivity index (χ1v) is 8.78. The van der Waals surface area contributed by atoms with Gasteiger partial charge in [-0.05, 0) is 30.2 Å². The molecule has 1 N–H and O–H groups in total. The molecule has 0 unspecified atom stereocenters. The third-order valence-corrected chi connectivity index (χ3v) is 4.09. The van der Waals surface area contributed by atoms with Gasteiger partial charge < -0.3 is 5.32 Å². The lowest BCUT2D eigenvalue weighted by molar-refractivity contribution is 0.968. The molecule has 0 saturated heterocycles. The van der Waals surface area contributed by atoms with Gasteiger partial charge >= 0.3 is 0 Å². The van der Waals surface area contributed by atoms with Crippen LogP contribution in [0.1, 0.15) is 18.2 Å². The molecule has 0 aliphatic heterocycles. The van der Waals surface area contributed by atoms with Crippen molar-refractivity contribution in [2.24, 2.45) is 0 Å². The van der Waals surface area contributed by atoms with Crippen LogP contribution >= 0.6 is 0 Å². The van der Waals surface area contributed by atoms with Crippen LogP contribution in [0.25, 0.3) is 17.3 Å². The van der Waals surface area contributed by atoms with Crippen molar-refractivity contribution in [2.45, 2.75) is 19.9 Å². The summed E-state index contributed by atoms with van der Waals surface area (Å²) in [7, 11) is 0. The zero-order valence-corrected chi connectivity index (χ0v) is 14.9. The van der Waals surface area contributed by atoms with Crippen molar-refractivity contribution in [1.82, 2.24) is 29.5 Å². The van der Waals surface area contributed by atoms with Gasteiger partial charge in [-0.25, -0.2) is 19.9 Å². The van der Waals surface area contributed by atoms with Crippen molar-refractivity contribution >= 4 is 5.82 Å². The average molecular weight is 357 g/mol. The Bertz CT molecular complexity index is 996. The van der Waals surface area contributed by atoms with E-state index >= 15 is 0 Å². The smallest absolute Gasteiger partial charge is 0.180 e. The minimum atomic E-state index is 0.624. The van der Waals surface area contributed by atoms with Gasteiger partial charge in [0.15, 0.2) is 5.82 Å². The summed E-state index contributed by atoms with van der Waals surface area (Å²) in [6.07, 6.45) is 9.76. The number of nitrogens with one attached hydrogen (secondary N) is 1. The van der Waals surface area contributed by atoms with Gasteiger partial charge in [0, 0.05) is 43.1 Å². The fraction of sp³-hybridized carbons (Fsp3) is 0.150. The number of anilines is 1. The zero-order valence-electron chi connectivity index (χ0n) is 14.9. The highest BCUT2D eigenvalue weighted by Crippen LogP contribution is 2.17. The van der Waals surface area contributed by atoms with E-state index < -0.39 is 0 Å². The van der Waals surface area contributed by atoms with Crippen LogP contribution in [0.4, 0.5) is 5.82 Å². The molecule has 4 aromatic rings. The average Bonchev–Trinajstić information content (AvgIpc) is 3.28. The van der Waals surface area contributed by atoms with Gasteiger partial charge in [0.05, 0.1) is 0 Å². The molecule has 7 heteroatoms. The van der Waals surface area contributed by atoms with Crippen molar-refractivity contribution in [3.63, 3.8) is 0 Å². The summed E-state index contributed by atoms with van der Waals surface area (Å²) < 4.78 is 1.87. The number of rotatable bonds is 6. The van der Waals surface area contributed by atoms with E-state index in [4.69, 9.17) is 0 Å². The van der Waals surface area contributed by atoms with Crippen LogP contribution in [0.15, 0.2) is 67.5 Å². The number of aryl methyl sites for hydroxylation is 1. The summed E-state index contributed by atoms with van der Waals surface area (Å²) in [5.41, 5.74) is 2.80. The summed E-state index contributed by atoms with van der Waals surface area (Å²) in [5.74, 6) is 2.25. The zero-order chi connectivity index (χ0) is 18.5. The van der Waals surface area contributed by atoms with Gasteiger partial charge in [0.1, 0.15) is 23.7 Å². The van der Waals surface area contributed by atoms with E-state index in [1.807, 2.05) is 53.4 Å². The van der Waals surface area contributed by atoms with E-state index in [2.05, 4.69) is 37.2 Å². The SMILES string of the molecule is CCc1cc(NCc2ccc(-n3ccnc3)nc2)nc(-c2ccccn2)n1. The van der Waals surface area contributed by atoms with Gasteiger partial charge in [-0.15, -0.1) is 0 Å². The molecule has 4 rings (SSSR count). The maximum atomic E-state index is 4.61. The molecule has 0 amide bonds. The molecule has 0 atom stereocenters. The number of aromatic nitrogens is 6. The molecule has 0 aromatic carbocycles. The molecule has 0 saturated carbocycles. The Balaban J connectivity index is 1.51. The van der Waals surface area contributed by atoms with Gasteiger partial charge in [0.2, 0.25) is 0 Å². The van der Waals surface area contributed by atoms with Crippen LogP contribution in [0.2, 0.25) is 0 Å². The van der Waals surface area contributed by atoms with Crippen molar-refractivity contribution in [1.29, 1.82) is 0 Å². The minimum absolute atomic E-state index is 0.624. The van der Waals surface area contributed by atoms with E-state index in [9.17, 15) is 0 Å². The van der Waals surface area contributed by atoms with Gasteiger partial charge in [-0.1, -0.05) is 19.1 Å². The molecule has 0 fully saturated rings. The quantitative estimate of drug-likeness (QED) is 0.570. The molecule has 0 radical (unpaired) electrons. The second-order valence-corrected chi connectivity index (χ2v) is 5.98. The molecule has 4 heterocycles. The molecule has 4 aromatic heterocycles. The highest BCUT2D eigenvalue weighted by Gasteiger charge is 2.07. The standard InChI is InChI=1S/C20H19N7/c1-2-16-11-18(26-20(25-16)17-5-3-4-8-22-17)23-12-15-6-7-19(24-13-15)27-10-9-21-14-27/h3-11,13-14H,2,12H2,1H3,(H,23,25,26). The monoisotopic (exact) mass is 357 g/mol. The fourth-order valence-corrected chi connectivity index (χ4v) is 2.64. The van der Waals surface area contributed by atoms with Crippen LogP contribution in [0.3, 0.4) is 0 Å². The lowest BCUT2D eigenvalue weighted by atomic mass is 10.2. The normalized spacial score (nSPS) is 10.7. The van der Waals surface area contributed by atoms with Crippen LogP contribution in [0, 0.1) is 0 Å². The predicted octanol–water partition coefficient (Wildman–Crippen LogP) is 3.29. The molecule has 0 spiro atoms. The van der Waals surface area contributed by atoms with Gasteiger partial charge in [-0.2, -0.15) is 0 Å². The first-order valence-electron chi connectivity index (χ1n) is 8.78. The maximum Gasteiger partial charge on any atom is 0.180 e. The molecule has 27 heavy (non-hydrogen) atoms. The molecule has 134 valence electrons. The minimum Gasteiger partial charge on any atom is -0.366 e. The van der Waals surface area contributed by atoms with Crippen molar-refractivity contribution in [3.05, 3.63) is 78.8 Å². The van der Waals surface area contributed by atoms with Crippen LogP contribution in [-0.4, -0.2) is 29.5 Å². The summed E-state index contributed by atoms with van der Waals surface area (Å²) in [6.45, 7) is 2.70. The first kappa shape index (κ1) is 16.8. The van der Waals surface area contributed by atoms with Crippen molar-refractivity contribution < 1.29 is 0 Å². The number of imidazole rings is 1. The van der Waals surface area contributed by atoms with E-state index in [1.54, 1.807) is 18.7 Å². The first-order chi connectivity index (χ1) is 13.3. The van der Waals surface area contributed by atoms with Crippen LogP contribution < -0.4 is 5.32 Å². The number of pyridine rings is 2. The Morgan fingerprint density at radius 1 is 1.04 bits per heavy atom. The Labute approximate surface area is 157 Å². The highest BCUT2D eigenvalue weighted by atomic mass is 15.1. The third kappa shape index (κ3) is 3.98. The third-order valence-electron chi connectivity index (χ3n) is 4.09. The Kier molecular flexibility index (Phi) is 4.82. The summed E-state index contributed by atoms with van der Waals surface area (Å²) in [4.78, 5) is 22.0. The maximum absolute atomic E-state index is 4.61. The van der Waals surface area contributed by atoms with E-state index in [1.165, 1.54) is 0 Å². The Morgan fingerprint density at radius 3 is 2.70 bits per heavy atom. The fourth-order valence-electron chi connectivity index (χ4n) is 2.64. The van der Waals surface area contributed by atoms with E-state index in [0.29, 0.717) is 12.4 Å². The Morgan fingerprint density at radius 2 is 2.00 bits per heavy atom. The highest BCUT2D eigenvalue weighted by molar-refractivity contribution is 5.53. The molecule has 0 bridgehead atoms. The number of hydrogen-bond acceptors (Lipinski definition) is 6. The predicted molar refractivity (Wildman–Crippen MR) is 103 cm³/mol. The van der Waals surface area contributed by atoms with E-state index in [-0.39, 0.29) is 0 Å². The lowest BCUT2D eigenvalue weighted by Crippen LogP contribution is -2.06.